The van der Waals surface area contributed by atoms with Crippen LogP contribution in [0.4, 0.5) is 15.8 Å². The van der Waals surface area contributed by atoms with Crippen molar-refractivity contribution in [1.29, 1.82) is 5.41 Å². The Hall–Kier alpha value is -2.95. The number of aliphatic hydroxyl groups is 2. The predicted molar refractivity (Wildman–Crippen MR) is 159 cm³/mol. The van der Waals surface area contributed by atoms with Crippen molar-refractivity contribution < 1.29 is 19.4 Å². The number of aliphatic imine (C=N–C) groups is 1. The van der Waals surface area contributed by atoms with Gasteiger partial charge in [0.05, 0.1) is 10.7 Å². The fourth-order valence-electron chi connectivity index (χ4n) is 2.79. The molecule has 2 aromatic carbocycles. The number of benzene rings is 2. The van der Waals surface area contributed by atoms with Crippen LogP contribution >= 0.6 is 44.8 Å². The topological polar surface area (TPSA) is 158 Å². The summed E-state index contributed by atoms with van der Waals surface area (Å²) in [5.74, 6) is -2.28. The molecule has 1 unspecified atom stereocenters. The van der Waals surface area contributed by atoms with Crippen LogP contribution in [0.5, 0.6) is 0 Å². The molecule has 0 bridgehead atoms. The summed E-state index contributed by atoms with van der Waals surface area (Å²) in [5.41, 5.74) is 13.1. The van der Waals surface area contributed by atoms with E-state index in [-0.39, 0.29) is 28.7 Å². The highest BCUT2D eigenvalue weighted by molar-refractivity contribution is 7.79. The Morgan fingerprint density at radius 2 is 1.92 bits per heavy atom. The summed E-state index contributed by atoms with van der Waals surface area (Å²) in [6.45, 7) is -0.0224. The van der Waals surface area contributed by atoms with Crippen molar-refractivity contribution in [3.63, 3.8) is 0 Å². The fraction of sp³-hybridized carbons (Fsp3) is 0.125. The molecule has 198 valence electrons. The van der Waals surface area contributed by atoms with Crippen LogP contribution in [-0.4, -0.2) is 41.0 Å². The number of aliphatic hydroxyl groups excluding tert-OH is 2. The van der Waals surface area contributed by atoms with Gasteiger partial charge in [-0.25, -0.2) is 9.38 Å². The van der Waals surface area contributed by atoms with Gasteiger partial charge in [-0.2, -0.15) is 24.0 Å². The van der Waals surface area contributed by atoms with E-state index >= 15 is 0 Å². The number of carbonyl (C=O) groups is 1. The second-order valence-corrected chi connectivity index (χ2v) is 8.67. The van der Waals surface area contributed by atoms with Crippen molar-refractivity contribution in [2.75, 3.05) is 19.1 Å². The number of carbonyl (C=O) groups excluding carboxylic acids is 1. The van der Waals surface area contributed by atoms with Gasteiger partial charge in [0.15, 0.2) is 5.76 Å². The smallest absolute Gasteiger partial charge is 0.259 e. The average Bonchev–Trinajstić information content (AvgIpc) is 3.43. The number of amides is 1. The fourth-order valence-corrected chi connectivity index (χ4v) is 4.00. The first-order chi connectivity index (χ1) is 17.7. The van der Waals surface area contributed by atoms with Gasteiger partial charge < -0.3 is 27.0 Å². The Labute approximate surface area is 231 Å². The van der Waals surface area contributed by atoms with E-state index in [1.807, 2.05) is 0 Å². The molecule has 8 N–H and O–H groups in total. The standard InChI is InChI=1S/C22H20ClFN5O2PS.CH4O.CH4S/c23-14-7-11(1-3-15(14)24)9-28-22(31)18(20(30)19(26)12-5-6-33-10-12)21(27)29-16-4-2-13(25)8-17(16)32;2*1-2/h1-8,10,26,30H,9,25,32H2,(H2,27,29)(H,28,31);2*2H,1H3/b20-18+,26-19?;;. The second kappa shape index (κ2) is 16.0. The van der Waals surface area contributed by atoms with Crippen LogP contribution in [0.2, 0.25) is 5.02 Å². The normalized spacial score (nSPS) is 11.3. The first-order valence-electron chi connectivity index (χ1n) is 10.3. The van der Waals surface area contributed by atoms with Crippen molar-refractivity contribution in [1.82, 2.24) is 5.32 Å². The summed E-state index contributed by atoms with van der Waals surface area (Å²) < 4.78 is 13.4. The lowest BCUT2D eigenvalue weighted by atomic mass is 10.1. The maximum absolute atomic E-state index is 13.4. The molecular formula is C24H28ClFN5O3PS2. The van der Waals surface area contributed by atoms with E-state index in [2.05, 4.69) is 32.2 Å². The van der Waals surface area contributed by atoms with E-state index in [4.69, 9.17) is 33.6 Å². The Kier molecular flexibility index (Phi) is 13.9. The minimum atomic E-state index is -0.769. The third-order valence-electron chi connectivity index (χ3n) is 4.50. The zero-order valence-electron chi connectivity index (χ0n) is 20.0. The highest BCUT2D eigenvalue weighted by Crippen LogP contribution is 2.19. The third-order valence-corrected chi connectivity index (χ3v) is 5.93. The van der Waals surface area contributed by atoms with Gasteiger partial charge in [-0.05, 0) is 58.9 Å². The number of anilines is 1. The summed E-state index contributed by atoms with van der Waals surface area (Å²) in [4.78, 5) is 17.3. The Morgan fingerprint density at radius 1 is 1.24 bits per heavy atom. The van der Waals surface area contributed by atoms with Crippen molar-refractivity contribution in [3.8, 4) is 0 Å². The van der Waals surface area contributed by atoms with Gasteiger partial charge >= 0.3 is 0 Å². The summed E-state index contributed by atoms with van der Waals surface area (Å²) in [6.07, 6.45) is 1.69. The molecular weight excluding hydrogens is 556 g/mol. The van der Waals surface area contributed by atoms with Crippen molar-refractivity contribution >= 4 is 78.9 Å². The summed E-state index contributed by atoms with van der Waals surface area (Å²) in [5, 5.41) is 32.6. The lowest BCUT2D eigenvalue weighted by Gasteiger charge is -2.13. The van der Waals surface area contributed by atoms with Gasteiger partial charge in [0.1, 0.15) is 22.9 Å². The van der Waals surface area contributed by atoms with Crippen LogP contribution in [0.1, 0.15) is 11.1 Å². The first-order valence-corrected chi connectivity index (χ1v) is 13.1. The number of rotatable bonds is 7. The van der Waals surface area contributed by atoms with E-state index in [0.29, 0.717) is 27.8 Å². The summed E-state index contributed by atoms with van der Waals surface area (Å²) in [6, 6.07) is 10.5. The minimum Gasteiger partial charge on any atom is -0.505 e. The number of hydrogen-bond acceptors (Lipinski definition) is 8. The number of nitrogens with zero attached hydrogens (tertiary/aromatic N) is 1. The minimum absolute atomic E-state index is 0.0224. The first kappa shape index (κ1) is 32.1. The van der Waals surface area contributed by atoms with Gasteiger partial charge in [0.25, 0.3) is 5.91 Å². The third kappa shape index (κ3) is 9.14. The van der Waals surface area contributed by atoms with Crippen molar-refractivity contribution in [3.05, 3.63) is 86.5 Å². The number of halogens is 2. The summed E-state index contributed by atoms with van der Waals surface area (Å²) >= 11 is 10.7. The number of nitrogens with one attached hydrogen (secondary N) is 2. The quantitative estimate of drug-likeness (QED) is 0.0426. The monoisotopic (exact) mass is 583 g/mol. The number of nitrogen functional groups attached to an aromatic ring is 1. The second-order valence-electron chi connectivity index (χ2n) is 6.86. The molecule has 0 fully saturated rings. The molecule has 3 aromatic rings. The maximum Gasteiger partial charge on any atom is 0.259 e. The largest absolute Gasteiger partial charge is 0.505 e. The Balaban J connectivity index is 0.00000163. The number of nitrogens with two attached hydrogens (primary N) is 2. The van der Waals surface area contributed by atoms with Crippen LogP contribution in [-0.2, 0) is 11.3 Å². The molecule has 1 heterocycles. The molecule has 8 nitrogen and oxygen atoms in total. The number of amidine groups is 1. The van der Waals surface area contributed by atoms with Gasteiger partial charge in [-0.3, -0.25) is 10.2 Å². The van der Waals surface area contributed by atoms with Crippen LogP contribution in [0.15, 0.2) is 69.5 Å². The molecule has 0 aliphatic carbocycles. The molecule has 0 spiro atoms. The van der Waals surface area contributed by atoms with Gasteiger partial charge in [-0.15, -0.1) is 9.24 Å². The molecule has 0 saturated carbocycles. The SMILES string of the molecule is CO.CS.N=C(/C(O)=C(\C(=O)NCc1ccc(F)c(Cl)c1)C(N)=Nc1ccc(N)cc1P)c1ccsc1. The number of thiophene rings is 1. The number of allylic oxidation sites excluding steroid dienone is 1. The van der Waals surface area contributed by atoms with E-state index in [1.54, 1.807) is 41.3 Å². The Morgan fingerprint density at radius 3 is 2.49 bits per heavy atom. The van der Waals surface area contributed by atoms with Crippen LogP contribution in [0.3, 0.4) is 0 Å². The van der Waals surface area contributed by atoms with Gasteiger partial charge in [0.2, 0.25) is 0 Å². The average molecular weight is 584 g/mol. The maximum atomic E-state index is 13.4. The molecule has 1 aromatic heterocycles. The van der Waals surface area contributed by atoms with E-state index in [9.17, 15) is 14.3 Å². The van der Waals surface area contributed by atoms with Gasteiger partial charge in [0, 0.05) is 30.3 Å². The lowest BCUT2D eigenvalue weighted by molar-refractivity contribution is -0.117. The molecule has 1 atom stereocenters. The lowest BCUT2D eigenvalue weighted by Crippen LogP contribution is -2.34. The molecule has 37 heavy (non-hydrogen) atoms. The van der Waals surface area contributed by atoms with E-state index in [1.165, 1.54) is 29.5 Å². The van der Waals surface area contributed by atoms with Crippen LogP contribution in [0.25, 0.3) is 0 Å². The highest BCUT2D eigenvalue weighted by Gasteiger charge is 2.23. The van der Waals surface area contributed by atoms with E-state index < -0.39 is 17.5 Å². The molecule has 0 aliphatic heterocycles. The molecule has 0 radical (unpaired) electrons. The number of hydrogen-bond donors (Lipinski definition) is 7. The molecule has 0 aliphatic rings. The zero-order valence-corrected chi connectivity index (χ0v) is 23.6. The molecule has 3 rings (SSSR count). The van der Waals surface area contributed by atoms with Crippen LogP contribution in [0, 0.1) is 11.2 Å². The van der Waals surface area contributed by atoms with Crippen molar-refractivity contribution in [2.24, 2.45) is 10.7 Å². The van der Waals surface area contributed by atoms with Crippen LogP contribution < -0.4 is 22.1 Å². The van der Waals surface area contributed by atoms with Crippen molar-refractivity contribution in [2.45, 2.75) is 6.54 Å². The zero-order chi connectivity index (χ0) is 28.1. The number of thiol groups is 1. The molecule has 0 saturated heterocycles. The Bertz CT molecular complexity index is 1290. The molecule has 1 amide bonds. The van der Waals surface area contributed by atoms with E-state index in [0.717, 1.165) is 7.11 Å². The highest BCUT2D eigenvalue weighted by atomic mass is 35.5. The molecule has 13 heteroatoms. The summed E-state index contributed by atoms with van der Waals surface area (Å²) in [7, 11) is 3.47. The predicted octanol–water partition coefficient (Wildman–Crippen LogP) is 3.96. The van der Waals surface area contributed by atoms with Gasteiger partial charge in [-0.1, -0.05) is 17.7 Å².